The van der Waals surface area contributed by atoms with Crippen LogP contribution >= 0.6 is 0 Å². The van der Waals surface area contributed by atoms with E-state index < -0.39 is 0 Å². The molecule has 1 heterocycles. The number of ether oxygens (including phenoxy) is 2. The second-order valence-corrected chi connectivity index (χ2v) is 4.97. The number of methoxy groups -OCH3 is 1. The molecule has 0 amide bonds. The monoisotopic (exact) mass is 269 g/mol. The SMILES string of the molecule is COc1ccccc1OCc1ccc2c(c1)CCNC2. The molecule has 1 aliphatic rings. The number of para-hydroxylation sites is 2. The zero-order valence-electron chi connectivity index (χ0n) is 11.7. The van der Waals surface area contributed by atoms with Crippen molar-refractivity contribution in [1.29, 1.82) is 0 Å². The minimum absolute atomic E-state index is 0.571. The Bertz CT molecular complexity index is 595. The van der Waals surface area contributed by atoms with Gasteiger partial charge < -0.3 is 14.8 Å². The Morgan fingerprint density at radius 2 is 1.90 bits per heavy atom. The first-order chi connectivity index (χ1) is 9.86. The molecule has 0 aliphatic carbocycles. The Kier molecular flexibility index (Phi) is 3.88. The van der Waals surface area contributed by atoms with Crippen molar-refractivity contribution < 1.29 is 9.47 Å². The van der Waals surface area contributed by atoms with Crippen LogP contribution in [0.25, 0.3) is 0 Å². The minimum Gasteiger partial charge on any atom is -0.493 e. The molecular formula is C17H19NO2. The molecule has 20 heavy (non-hydrogen) atoms. The number of fused-ring (bicyclic) bond motifs is 1. The molecule has 3 heteroatoms. The van der Waals surface area contributed by atoms with Gasteiger partial charge in [0.15, 0.2) is 11.5 Å². The molecule has 2 aromatic rings. The summed E-state index contributed by atoms with van der Waals surface area (Å²) in [5.74, 6) is 1.56. The van der Waals surface area contributed by atoms with Crippen LogP contribution in [0.3, 0.4) is 0 Å². The van der Waals surface area contributed by atoms with E-state index >= 15 is 0 Å². The molecule has 0 spiro atoms. The lowest BCUT2D eigenvalue weighted by atomic mass is 9.99. The van der Waals surface area contributed by atoms with Gasteiger partial charge in [0.2, 0.25) is 0 Å². The lowest BCUT2D eigenvalue weighted by Crippen LogP contribution is -2.23. The van der Waals surface area contributed by atoms with E-state index in [0.717, 1.165) is 31.0 Å². The number of benzene rings is 2. The van der Waals surface area contributed by atoms with E-state index in [-0.39, 0.29) is 0 Å². The number of hydrogen-bond donors (Lipinski definition) is 1. The maximum atomic E-state index is 5.86. The summed E-state index contributed by atoms with van der Waals surface area (Å²) in [5, 5.41) is 3.39. The quantitative estimate of drug-likeness (QED) is 0.925. The Labute approximate surface area is 119 Å². The van der Waals surface area contributed by atoms with Crippen molar-refractivity contribution in [2.24, 2.45) is 0 Å². The van der Waals surface area contributed by atoms with Crippen molar-refractivity contribution in [3.63, 3.8) is 0 Å². The number of hydrogen-bond acceptors (Lipinski definition) is 3. The third-order valence-electron chi connectivity index (χ3n) is 3.62. The fraction of sp³-hybridized carbons (Fsp3) is 0.294. The van der Waals surface area contributed by atoms with Crippen molar-refractivity contribution in [2.75, 3.05) is 13.7 Å². The van der Waals surface area contributed by atoms with Gasteiger partial charge in [0.25, 0.3) is 0 Å². The fourth-order valence-corrected chi connectivity index (χ4v) is 2.52. The molecule has 0 radical (unpaired) electrons. The smallest absolute Gasteiger partial charge is 0.161 e. The van der Waals surface area contributed by atoms with Crippen LogP contribution in [0.1, 0.15) is 16.7 Å². The van der Waals surface area contributed by atoms with Gasteiger partial charge in [-0.3, -0.25) is 0 Å². The first-order valence-electron chi connectivity index (χ1n) is 6.94. The molecular weight excluding hydrogens is 250 g/mol. The van der Waals surface area contributed by atoms with Gasteiger partial charge in [-0.2, -0.15) is 0 Å². The van der Waals surface area contributed by atoms with Gasteiger partial charge >= 0.3 is 0 Å². The maximum absolute atomic E-state index is 5.86. The summed E-state index contributed by atoms with van der Waals surface area (Å²) in [6, 6.07) is 14.3. The van der Waals surface area contributed by atoms with Crippen LogP contribution in [0.2, 0.25) is 0 Å². The Morgan fingerprint density at radius 3 is 2.75 bits per heavy atom. The van der Waals surface area contributed by atoms with E-state index in [2.05, 4.69) is 23.5 Å². The largest absolute Gasteiger partial charge is 0.493 e. The zero-order chi connectivity index (χ0) is 13.8. The molecule has 0 aromatic heterocycles. The minimum atomic E-state index is 0.571. The number of nitrogens with one attached hydrogen (secondary N) is 1. The first kappa shape index (κ1) is 13.0. The lowest BCUT2D eigenvalue weighted by Gasteiger charge is -2.18. The predicted octanol–water partition coefficient (Wildman–Crippen LogP) is 2.92. The first-order valence-corrected chi connectivity index (χ1v) is 6.94. The third kappa shape index (κ3) is 2.78. The van der Waals surface area contributed by atoms with Crippen LogP contribution in [-0.2, 0) is 19.6 Å². The van der Waals surface area contributed by atoms with Crippen LogP contribution in [-0.4, -0.2) is 13.7 Å². The second-order valence-electron chi connectivity index (χ2n) is 4.97. The Hall–Kier alpha value is -2.00. The standard InChI is InChI=1S/C17H19NO2/c1-19-16-4-2-3-5-17(16)20-12-13-6-7-15-11-18-9-8-14(15)10-13/h2-7,10,18H,8-9,11-12H2,1H3. The molecule has 104 valence electrons. The van der Waals surface area contributed by atoms with Crippen molar-refractivity contribution in [3.8, 4) is 11.5 Å². The van der Waals surface area contributed by atoms with Gasteiger partial charge in [-0.15, -0.1) is 0 Å². The summed E-state index contributed by atoms with van der Waals surface area (Å²) in [4.78, 5) is 0. The molecule has 0 atom stereocenters. The normalized spacial score (nSPS) is 13.7. The highest BCUT2D eigenvalue weighted by atomic mass is 16.5. The molecule has 2 aromatic carbocycles. The van der Waals surface area contributed by atoms with E-state index in [0.29, 0.717) is 6.61 Å². The average molecular weight is 269 g/mol. The van der Waals surface area contributed by atoms with Crippen LogP contribution in [0.5, 0.6) is 11.5 Å². The molecule has 0 fully saturated rings. The highest BCUT2D eigenvalue weighted by Crippen LogP contribution is 2.27. The van der Waals surface area contributed by atoms with Crippen LogP contribution in [0.4, 0.5) is 0 Å². The fourth-order valence-electron chi connectivity index (χ4n) is 2.52. The van der Waals surface area contributed by atoms with Gasteiger partial charge in [-0.1, -0.05) is 30.3 Å². The molecule has 0 unspecified atom stereocenters. The van der Waals surface area contributed by atoms with Crippen LogP contribution < -0.4 is 14.8 Å². The Morgan fingerprint density at radius 1 is 1.05 bits per heavy atom. The summed E-state index contributed by atoms with van der Waals surface area (Å²) in [6.45, 7) is 2.61. The molecule has 3 nitrogen and oxygen atoms in total. The number of rotatable bonds is 4. The molecule has 0 bridgehead atoms. The topological polar surface area (TPSA) is 30.5 Å². The summed E-state index contributed by atoms with van der Waals surface area (Å²) < 4.78 is 11.2. The zero-order valence-corrected chi connectivity index (χ0v) is 11.7. The summed E-state index contributed by atoms with van der Waals surface area (Å²) in [6.07, 6.45) is 1.10. The molecule has 3 rings (SSSR count). The van der Waals surface area contributed by atoms with Gasteiger partial charge in [0, 0.05) is 6.54 Å². The van der Waals surface area contributed by atoms with Gasteiger partial charge in [0.05, 0.1) is 7.11 Å². The van der Waals surface area contributed by atoms with Crippen LogP contribution in [0.15, 0.2) is 42.5 Å². The van der Waals surface area contributed by atoms with E-state index in [1.165, 1.54) is 16.7 Å². The lowest BCUT2D eigenvalue weighted by molar-refractivity contribution is 0.284. The van der Waals surface area contributed by atoms with E-state index in [4.69, 9.17) is 9.47 Å². The molecule has 0 saturated carbocycles. The van der Waals surface area contributed by atoms with Gasteiger partial charge in [-0.25, -0.2) is 0 Å². The highest BCUT2D eigenvalue weighted by Gasteiger charge is 2.09. The van der Waals surface area contributed by atoms with E-state index in [1.807, 2.05) is 24.3 Å². The molecule has 0 saturated heterocycles. The maximum Gasteiger partial charge on any atom is 0.161 e. The van der Waals surface area contributed by atoms with Gasteiger partial charge in [-0.05, 0) is 41.8 Å². The van der Waals surface area contributed by atoms with Crippen molar-refractivity contribution in [2.45, 2.75) is 19.6 Å². The van der Waals surface area contributed by atoms with Crippen molar-refractivity contribution >= 4 is 0 Å². The second kappa shape index (κ2) is 5.97. The van der Waals surface area contributed by atoms with Gasteiger partial charge in [0.1, 0.15) is 6.61 Å². The van der Waals surface area contributed by atoms with E-state index in [9.17, 15) is 0 Å². The third-order valence-corrected chi connectivity index (χ3v) is 3.62. The van der Waals surface area contributed by atoms with Crippen molar-refractivity contribution in [3.05, 3.63) is 59.2 Å². The summed E-state index contributed by atoms with van der Waals surface area (Å²) >= 11 is 0. The van der Waals surface area contributed by atoms with Crippen LogP contribution in [0, 0.1) is 0 Å². The molecule has 1 aliphatic heterocycles. The predicted molar refractivity (Wildman–Crippen MR) is 79.2 cm³/mol. The van der Waals surface area contributed by atoms with E-state index in [1.54, 1.807) is 7.11 Å². The highest BCUT2D eigenvalue weighted by molar-refractivity contribution is 5.40. The summed E-state index contributed by atoms with van der Waals surface area (Å²) in [7, 11) is 1.66. The molecule has 1 N–H and O–H groups in total. The summed E-state index contributed by atoms with van der Waals surface area (Å²) in [5.41, 5.74) is 4.04. The average Bonchev–Trinajstić information content (AvgIpc) is 2.53. The van der Waals surface area contributed by atoms with Crippen molar-refractivity contribution in [1.82, 2.24) is 5.32 Å². The Balaban J connectivity index is 1.72.